The Balaban J connectivity index is 1.36. The van der Waals surface area contributed by atoms with Gasteiger partial charge in [0.15, 0.2) is 0 Å². The van der Waals surface area contributed by atoms with Gasteiger partial charge in [-0.1, -0.05) is 36.7 Å². The van der Waals surface area contributed by atoms with E-state index >= 15 is 0 Å². The van der Waals surface area contributed by atoms with E-state index in [4.69, 9.17) is 0 Å². The average molecular weight is 385 g/mol. The summed E-state index contributed by atoms with van der Waals surface area (Å²) in [6.45, 7) is 7.27. The Morgan fingerprint density at radius 2 is 1.74 bits per heavy atom. The second-order valence-electron chi connectivity index (χ2n) is 7.84. The number of hydrogen-bond acceptors (Lipinski definition) is 5. The molecular formula is C21H28N4OS. The Morgan fingerprint density at radius 3 is 2.44 bits per heavy atom. The van der Waals surface area contributed by atoms with E-state index in [1.165, 1.54) is 48.2 Å². The van der Waals surface area contributed by atoms with Crippen molar-refractivity contribution in [3.05, 3.63) is 39.9 Å². The van der Waals surface area contributed by atoms with Crippen LogP contribution in [0.25, 0.3) is 0 Å². The normalized spacial score (nSPS) is 18.7. The molecule has 2 aromatic rings. The van der Waals surface area contributed by atoms with Gasteiger partial charge in [0.1, 0.15) is 5.01 Å². The van der Waals surface area contributed by atoms with Crippen molar-refractivity contribution < 1.29 is 4.79 Å². The van der Waals surface area contributed by atoms with Gasteiger partial charge >= 0.3 is 0 Å². The van der Waals surface area contributed by atoms with Gasteiger partial charge in [-0.3, -0.25) is 4.79 Å². The van der Waals surface area contributed by atoms with Crippen molar-refractivity contribution in [1.82, 2.24) is 15.1 Å². The molecule has 1 aromatic heterocycles. The van der Waals surface area contributed by atoms with Crippen molar-refractivity contribution in [3.63, 3.8) is 0 Å². The zero-order valence-corrected chi connectivity index (χ0v) is 17.1. The number of aryl methyl sites for hydroxylation is 2. The number of nitrogens with zero attached hydrogens (tertiary/aromatic N) is 4. The zero-order chi connectivity index (χ0) is 18.8. The minimum atomic E-state index is 0.137. The van der Waals surface area contributed by atoms with Crippen LogP contribution in [-0.2, 0) is 0 Å². The highest BCUT2D eigenvalue weighted by Gasteiger charge is 2.26. The minimum Gasteiger partial charge on any atom is -0.343 e. The summed E-state index contributed by atoms with van der Waals surface area (Å²) in [5.74, 6) is 0.746. The summed E-state index contributed by atoms with van der Waals surface area (Å²) in [7, 11) is 0. The summed E-state index contributed by atoms with van der Waals surface area (Å²) in [4.78, 5) is 17.0. The van der Waals surface area contributed by atoms with E-state index < -0.39 is 0 Å². The fourth-order valence-corrected chi connectivity index (χ4v) is 5.09. The van der Waals surface area contributed by atoms with Gasteiger partial charge in [0.05, 0.1) is 0 Å². The second-order valence-corrected chi connectivity index (χ2v) is 8.82. The van der Waals surface area contributed by atoms with Gasteiger partial charge in [-0.05, 0) is 49.9 Å². The molecule has 1 amide bonds. The lowest BCUT2D eigenvalue weighted by Crippen LogP contribution is -2.48. The van der Waals surface area contributed by atoms with Crippen LogP contribution in [0.3, 0.4) is 0 Å². The molecule has 2 fully saturated rings. The first-order valence-electron chi connectivity index (χ1n) is 10.1. The van der Waals surface area contributed by atoms with Crippen LogP contribution in [0.2, 0.25) is 0 Å². The van der Waals surface area contributed by atoms with Crippen molar-refractivity contribution in [2.75, 3.05) is 31.1 Å². The van der Waals surface area contributed by atoms with E-state index in [2.05, 4.69) is 28.9 Å². The molecule has 144 valence electrons. The molecule has 2 aliphatic rings. The topological polar surface area (TPSA) is 49.3 Å². The van der Waals surface area contributed by atoms with E-state index in [9.17, 15) is 4.79 Å². The molecule has 1 saturated heterocycles. The molecular weight excluding hydrogens is 356 g/mol. The van der Waals surface area contributed by atoms with Crippen molar-refractivity contribution >= 4 is 22.4 Å². The van der Waals surface area contributed by atoms with Crippen molar-refractivity contribution in [2.24, 2.45) is 0 Å². The lowest BCUT2D eigenvalue weighted by Gasteiger charge is -2.34. The number of benzene rings is 1. The molecule has 1 aliphatic heterocycles. The summed E-state index contributed by atoms with van der Waals surface area (Å²) >= 11 is 1.76. The summed E-state index contributed by atoms with van der Waals surface area (Å²) in [6, 6.07) is 5.98. The highest BCUT2D eigenvalue weighted by atomic mass is 32.1. The monoisotopic (exact) mass is 384 g/mol. The van der Waals surface area contributed by atoms with Crippen LogP contribution >= 0.6 is 11.3 Å². The van der Waals surface area contributed by atoms with E-state index in [1.54, 1.807) is 11.3 Å². The van der Waals surface area contributed by atoms with E-state index in [0.29, 0.717) is 5.92 Å². The van der Waals surface area contributed by atoms with Gasteiger partial charge in [0.25, 0.3) is 5.91 Å². The second kappa shape index (κ2) is 7.97. The maximum absolute atomic E-state index is 12.8. The molecule has 0 N–H and O–H groups in total. The molecule has 1 saturated carbocycles. The van der Waals surface area contributed by atoms with E-state index in [1.807, 2.05) is 23.1 Å². The summed E-state index contributed by atoms with van der Waals surface area (Å²) in [6.07, 6.45) is 6.51. The summed E-state index contributed by atoms with van der Waals surface area (Å²) in [5.41, 5.74) is 3.19. The molecule has 4 rings (SSSR count). The molecule has 0 unspecified atom stereocenters. The van der Waals surface area contributed by atoms with Crippen molar-refractivity contribution in [3.8, 4) is 0 Å². The maximum atomic E-state index is 12.8. The molecule has 1 aliphatic carbocycles. The van der Waals surface area contributed by atoms with Gasteiger partial charge in [-0.15, -0.1) is 10.2 Å². The highest BCUT2D eigenvalue weighted by molar-refractivity contribution is 7.15. The van der Waals surface area contributed by atoms with E-state index in [-0.39, 0.29) is 5.91 Å². The molecule has 2 heterocycles. The maximum Gasteiger partial charge on any atom is 0.253 e. The van der Waals surface area contributed by atoms with Crippen molar-refractivity contribution in [2.45, 2.75) is 51.9 Å². The Labute approximate surface area is 165 Å². The molecule has 5 nitrogen and oxygen atoms in total. The smallest absolute Gasteiger partial charge is 0.253 e. The van der Waals surface area contributed by atoms with Crippen LogP contribution in [0.15, 0.2) is 18.2 Å². The van der Waals surface area contributed by atoms with Crippen LogP contribution in [0.4, 0.5) is 5.13 Å². The summed E-state index contributed by atoms with van der Waals surface area (Å²) in [5, 5.41) is 11.2. The first-order chi connectivity index (χ1) is 13.1. The number of anilines is 1. The number of carbonyl (C=O) groups excluding carboxylic acids is 1. The van der Waals surface area contributed by atoms with Crippen LogP contribution in [0.1, 0.15) is 64.5 Å². The lowest BCUT2D eigenvalue weighted by atomic mass is 9.90. The average Bonchev–Trinajstić information content (AvgIpc) is 3.21. The number of amides is 1. The molecule has 6 heteroatoms. The largest absolute Gasteiger partial charge is 0.343 e. The molecule has 0 radical (unpaired) electrons. The fourth-order valence-electron chi connectivity index (χ4n) is 4.03. The number of carbonyl (C=O) groups is 1. The zero-order valence-electron chi connectivity index (χ0n) is 16.3. The molecule has 1 aromatic carbocycles. The predicted molar refractivity (Wildman–Crippen MR) is 110 cm³/mol. The first-order valence-corrected chi connectivity index (χ1v) is 10.9. The Hall–Kier alpha value is -1.95. The van der Waals surface area contributed by atoms with Gasteiger partial charge in [-0.25, -0.2) is 0 Å². The number of hydrogen-bond donors (Lipinski definition) is 0. The summed E-state index contributed by atoms with van der Waals surface area (Å²) < 4.78 is 0. The molecule has 0 atom stereocenters. The van der Waals surface area contributed by atoms with Crippen molar-refractivity contribution in [1.29, 1.82) is 0 Å². The quantitative estimate of drug-likeness (QED) is 0.797. The van der Waals surface area contributed by atoms with E-state index in [0.717, 1.165) is 36.9 Å². The molecule has 0 spiro atoms. The minimum absolute atomic E-state index is 0.137. The Morgan fingerprint density at radius 1 is 1.00 bits per heavy atom. The third-order valence-electron chi connectivity index (χ3n) is 5.98. The molecule has 27 heavy (non-hydrogen) atoms. The standard InChI is InChI=1S/C21H28N4OS/c1-15-8-9-18(14-16(15)2)20(26)24-10-12-25(13-11-24)21-23-22-19(27-21)17-6-4-3-5-7-17/h8-9,14,17H,3-7,10-13H2,1-2H3. The number of aromatic nitrogens is 2. The number of piperazine rings is 1. The van der Waals surface area contributed by atoms with Gasteiger partial charge < -0.3 is 9.80 Å². The fraction of sp³-hybridized carbons (Fsp3) is 0.571. The third-order valence-corrected chi connectivity index (χ3v) is 7.12. The lowest BCUT2D eigenvalue weighted by molar-refractivity contribution is 0.0746. The van der Waals surface area contributed by atoms with Crippen LogP contribution < -0.4 is 4.90 Å². The highest BCUT2D eigenvalue weighted by Crippen LogP contribution is 2.36. The van der Waals surface area contributed by atoms with Crippen LogP contribution in [0, 0.1) is 13.8 Å². The third kappa shape index (κ3) is 4.00. The van der Waals surface area contributed by atoms with Gasteiger partial charge in [0.2, 0.25) is 5.13 Å². The Bertz CT molecular complexity index is 804. The molecule has 0 bridgehead atoms. The Kier molecular flexibility index (Phi) is 5.43. The first kappa shape index (κ1) is 18.4. The van der Waals surface area contributed by atoms with Crippen LogP contribution in [-0.4, -0.2) is 47.2 Å². The predicted octanol–water partition coefficient (Wildman–Crippen LogP) is 4.17. The SMILES string of the molecule is Cc1ccc(C(=O)N2CCN(c3nnc(C4CCCCC4)s3)CC2)cc1C. The van der Waals surface area contributed by atoms with Gasteiger partial charge in [0, 0.05) is 37.7 Å². The van der Waals surface area contributed by atoms with Crippen LogP contribution in [0.5, 0.6) is 0 Å². The number of rotatable bonds is 3. The van der Waals surface area contributed by atoms with Gasteiger partial charge in [-0.2, -0.15) is 0 Å².